The van der Waals surface area contributed by atoms with Gasteiger partial charge in [0.05, 0.1) is 11.7 Å². The molecule has 11 heteroatoms. The van der Waals surface area contributed by atoms with Crippen LogP contribution in [-0.2, 0) is 14.3 Å². The zero-order valence-corrected chi connectivity index (χ0v) is 24.7. The molecule has 2 N–H and O–H groups in total. The van der Waals surface area contributed by atoms with Crippen LogP contribution in [0, 0.1) is 5.92 Å². The number of carbonyl (C=O) groups excluding carboxylic acids is 3. The Hall–Kier alpha value is -2.86. The number of benzene rings is 1. The number of Topliss-reactive ketones (excluding diaryl/α,β-unsaturated/α-hetero) is 1. The third-order valence-corrected chi connectivity index (χ3v) is 10.1. The Morgan fingerprint density at radius 3 is 2.51 bits per heavy atom. The first-order chi connectivity index (χ1) is 19.9. The fraction of sp³-hybridized carbons (Fsp3) is 0.600. The van der Waals surface area contributed by atoms with Crippen LogP contribution in [0.25, 0.3) is 11.3 Å². The molecule has 1 aliphatic carbocycles. The van der Waals surface area contributed by atoms with Gasteiger partial charge in [-0.05, 0) is 45.0 Å². The molecule has 4 aliphatic rings. The Morgan fingerprint density at radius 2 is 1.80 bits per heavy atom. The van der Waals surface area contributed by atoms with Gasteiger partial charge in [0.15, 0.2) is 10.9 Å². The number of nitrogens with one attached hydrogen (secondary N) is 2. The van der Waals surface area contributed by atoms with Crippen molar-refractivity contribution in [2.45, 2.75) is 56.3 Å². The summed E-state index contributed by atoms with van der Waals surface area (Å²) in [7, 11) is 3.97. The second-order valence-corrected chi connectivity index (χ2v) is 12.6. The van der Waals surface area contributed by atoms with Crippen molar-refractivity contribution in [2.24, 2.45) is 5.92 Å². The number of likely N-dealkylation sites (tertiary alicyclic amines) is 1. The number of anilines is 1. The maximum Gasteiger partial charge on any atom is 0.251 e. The fourth-order valence-electron chi connectivity index (χ4n) is 6.72. The van der Waals surface area contributed by atoms with Crippen LogP contribution in [0.4, 0.5) is 5.13 Å². The summed E-state index contributed by atoms with van der Waals surface area (Å²) >= 11 is 1.65. The predicted molar refractivity (Wildman–Crippen MR) is 158 cm³/mol. The molecule has 41 heavy (non-hydrogen) atoms. The normalized spacial score (nSPS) is 26.3. The number of aromatic nitrogens is 1. The molecule has 2 amide bonds. The van der Waals surface area contributed by atoms with Gasteiger partial charge in [0.25, 0.3) is 5.91 Å². The van der Waals surface area contributed by atoms with Crippen molar-refractivity contribution in [2.75, 3.05) is 58.3 Å². The van der Waals surface area contributed by atoms with Crippen LogP contribution in [0.3, 0.4) is 0 Å². The monoisotopic (exact) mass is 580 g/mol. The molecule has 6 rings (SSSR count). The summed E-state index contributed by atoms with van der Waals surface area (Å²) in [5, 5.41) is 9.38. The molecule has 3 saturated heterocycles. The molecule has 0 radical (unpaired) electrons. The Kier molecular flexibility index (Phi) is 8.39. The number of amides is 2. The van der Waals surface area contributed by atoms with Crippen molar-refractivity contribution in [3.63, 3.8) is 0 Å². The van der Waals surface area contributed by atoms with Crippen LogP contribution < -0.4 is 15.5 Å². The molecule has 3 aliphatic heterocycles. The second-order valence-electron chi connectivity index (χ2n) is 11.8. The van der Waals surface area contributed by atoms with E-state index in [-0.39, 0.29) is 42.3 Å². The summed E-state index contributed by atoms with van der Waals surface area (Å²) < 4.78 is 5.73. The Morgan fingerprint density at radius 1 is 1.07 bits per heavy atom. The van der Waals surface area contributed by atoms with E-state index in [1.807, 2.05) is 19.2 Å². The summed E-state index contributed by atoms with van der Waals surface area (Å²) in [5.41, 5.74) is 2.36. The lowest BCUT2D eigenvalue weighted by molar-refractivity contribution is -0.139. The van der Waals surface area contributed by atoms with Crippen LogP contribution in [-0.4, -0.2) is 110 Å². The number of hydrogen-bond acceptors (Lipinski definition) is 9. The molecule has 4 heterocycles. The van der Waals surface area contributed by atoms with E-state index in [1.54, 1.807) is 28.4 Å². The van der Waals surface area contributed by atoms with E-state index in [1.165, 1.54) is 0 Å². The predicted octanol–water partition coefficient (Wildman–Crippen LogP) is 2.01. The average molecular weight is 581 g/mol. The number of carbonyl (C=O) groups is 3. The van der Waals surface area contributed by atoms with E-state index >= 15 is 0 Å². The molecule has 0 spiro atoms. The molecule has 1 aromatic carbocycles. The highest BCUT2D eigenvalue weighted by atomic mass is 32.1. The molecule has 0 bridgehead atoms. The second kappa shape index (κ2) is 12.2. The molecule has 1 aromatic heterocycles. The average Bonchev–Trinajstić information content (AvgIpc) is 3.74. The van der Waals surface area contributed by atoms with Gasteiger partial charge in [0.1, 0.15) is 24.8 Å². The van der Waals surface area contributed by atoms with Gasteiger partial charge >= 0.3 is 0 Å². The van der Waals surface area contributed by atoms with Gasteiger partial charge in [0, 0.05) is 49.2 Å². The van der Waals surface area contributed by atoms with Gasteiger partial charge in [-0.2, -0.15) is 0 Å². The molecule has 4 atom stereocenters. The Bertz CT molecular complexity index is 1250. The SMILES string of the molecule is CN[C@H]1CN(C(=O)[C@@H](NC(=O)c2ccc(-c3csc(N4CCN(C)CC4)n3)cc2)C2CCCCC2)[C@@H]2C(=O)CO[C@@H]12. The number of ether oxygens (including phenoxy) is 1. The van der Waals surface area contributed by atoms with Gasteiger partial charge in [-0.3, -0.25) is 14.4 Å². The lowest BCUT2D eigenvalue weighted by Gasteiger charge is -2.34. The maximum atomic E-state index is 14.0. The maximum absolute atomic E-state index is 14.0. The standard InChI is InChI=1S/C30H40N6O4S/c1-31-22-16-36(26-24(37)17-40-27(22)26)29(39)25(20-6-4-3-5-7-20)33-28(38)21-10-8-19(9-11-21)23-18-41-30(32-23)35-14-12-34(2)13-15-35/h8-11,18,20,22,25-27,31H,3-7,12-17H2,1-2H3,(H,33,38)/t22-,25-,26+,27-/m0/s1. The van der Waals surface area contributed by atoms with Crippen molar-refractivity contribution in [1.82, 2.24) is 25.4 Å². The van der Waals surface area contributed by atoms with Crippen LogP contribution >= 0.6 is 11.3 Å². The summed E-state index contributed by atoms with van der Waals surface area (Å²) in [6.07, 6.45) is 4.65. The smallest absolute Gasteiger partial charge is 0.251 e. The Labute approximate surface area is 245 Å². The van der Waals surface area contributed by atoms with Crippen molar-refractivity contribution in [1.29, 1.82) is 0 Å². The molecular formula is C30H40N6O4S. The highest BCUT2D eigenvalue weighted by Gasteiger charge is 2.53. The highest BCUT2D eigenvalue weighted by molar-refractivity contribution is 7.14. The third-order valence-electron chi connectivity index (χ3n) is 9.22. The van der Waals surface area contributed by atoms with E-state index < -0.39 is 12.1 Å². The first-order valence-electron chi connectivity index (χ1n) is 14.9. The fourth-order valence-corrected chi connectivity index (χ4v) is 7.61. The van der Waals surface area contributed by atoms with Gasteiger partial charge in [-0.25, -0.2) is 4.98 Å². The number of ketones is 1. The first-order valence-corrected chi connectivity index (χ1v) is 15.7. The lowest BCUT2D eigenvalue weighted by Crippen LogP contribution is -2.55. The van der Waals surface area contributed by atoms with Crippen molar-refractivity contribution in [3.8, 4) is 11.3 Å². The summed E-state index contributed by atoms with van der Waals surface area (Å²) in [6.45, 7) is 4.43. The number of fused-ring (bicyclic) bond motifs is 1. The molecule has 10 nitrogen and oxygen atoms in total. The minimum absolute atomic E-state index is 0.0277. The minimum atomic E-state index is -0.670. The van der Waals surface area contributed by atoms with Gasteiger partial charge in [-0.1, -0.05) is 31.4 Å². The van der Waals surface area contributed by atoms with Gasteiger partial charge in [0.2, 0.25) is 5.91 Å². The summed E-state index contributed by atoms with van der Waals surface area (Å²) in [5.74, 6) is -0.464. The van der Waals surface area contributed by atoms with E-state index in [4.69, 9.17) is 9.72 Å². The number of thiazole rings is 1. The lowest BCUT2D eigenvalue weighted by atomic mass is 9.83. The van der Waals surface area contributed by atoms with Crippen LogP contribution in [0.5, 0.6) is 0 Å². The quantitative estimate of drug-likeness (QED) is 0.513. The van der Waals surface area contributed by atoms with Crippen LogP contribution in [0.1, 0.15) is 42.5 Å². The number of likely N-dealkylation sites (N-methyl/N-ethyl adjacent to an activating group) is 2. The highest BCUT2D eigenvalue weighted by Crippen LogP contribution is 2.33. The Balaban J connectivity index is 1.16. The third kappa shape index (κ3) is 5.77. The number of piperazine rings is 1. The van der Waals surface area contributed by atoms with Crippen molar-refractivity contribution < 1.29 is 19.1 Å². The largest absolute Gasteiger partial charge is 0.366 e. The van der Waals surface area contributed by atoms with E-state index in [2.05, 4.69) is 32.9 Å². The number of nitrogens with zero attached hydrogens (tertiary/aromatic N) is 4. The molecule has 0 unspecified atom stereocenters. The van der Waals surface area contributed by atoms with Crippen molar-refractivity contribution in [3.05, 3.63) is 35.2 Å². The van der Waals surface area contributed by atoms with E-state index in [9.17, 15) is 14.4 Å². The summed E-state index contributed by atoms with van der Waals surface area (Å²) in [6, 6.07) is 6.10. The molecule has 4 fully saturated rings. The van der Waals surface area contributed by atoms with Gasteiger partial charge in [-0.15, -0.1) is 11.3 Å². The minimum Gasteiger partial charge on any atom is -0.366 e. The zero-order chi connectivity index (χ0) is 28.5. The van der Waals surface area contributed by atoms with Crippen LogP contribution in [0.2, 0.25) is 0 Å². The first kappa shape index (κ1) is 28.3. The van der Waals surface area contributed by atoms with E-state index in [0.717, 1.165) is 74.7 Å². The molecular weight excluding hydrogens is 540 g/mol. The topological polar surface area (TPSA) is 107 Å². The van der Waals surface area contributed by atoms with Gasteiger partial charge < -0.3 is 30.1 Å². The number of rotatable bonds is 7. The molecule has 2 aromatic rings. The molecule has 1 saturated carbocycles. The van der Waals surface area contributed by atoms with Crippen LogP contribution in [0.15, 0.2) is 29.6 Å². The summed E-state index contributed by atoms with van der Waals surface area (Å²) in [4.78, 5) is 51.4. The number of hydrogen-bond donors (Lipinski definition) is 2. The van der Waals surface area contributed by atoms with E-state index in [0.29, 0.717) is 12.1 Å². The van der Waals surface area contributed by atoms with Crippen molar-refractivity contribution >= 4 is 34.1 Å². The zero-order valence-electron chi connectivity index (χ0n) is 23.9. The molecule has 220 valence electrons.